The predicted molar refractivity (Wildman–Crippen MR) is 59.0 cm³/mol. The molecule has 1 nitrogen and oxygen atoms in total. The lowest BCUT2D eigenvalue weighted by Crippen LogP contribution is -2.08. The fourth-order valence-corrected chi connectivity index (χ4v) is 0.752. The van der Waals surface area contributed by atoms with Crippen molar-refractivity contribution in [3.63, 3.8) is 0 Å². The Labute approximate surface area is 80.0 Å². The molecule has 0 heterocycles. The molecule has 66 valence electrons. The van der Waals surface area contributed by atoms with Gasteiger partial charge in [-0.1, -0.05) is 25.3 Å². The molecular weight excluding hydrogens is 166 g/mol. The fraction of sp³-hybridized carbons (Fsp3) is 0.200. The van der Waals surface area contributed by atoms with Gasteiger partial charge in [-0.05, 0) is 19.9 Å². The second kappa shape index (κ2) is 5.72. The number of rotatable bonds is 4. The largest absolute Gasteiger partial charge is 0.359 e. The summed E-state index contributed by atoms with van der Waals surface area (Å²) in [6, 6.07) is 0. The van der Waals surface area contributed by atoms with E-state index in [4.69, 9.17) is 0 Å². The quantitative estimate of drug-likeness (QED) is 0.502. The zero-order valence-electron chi connectivity index (χ0n) is 7.59. The zero-order chi connectivity index (χ0) is 9.56. The Balaban J connectivity index is 4.19. The molecule has 0 radical (unpaired) electrons. The molecule has 0 aromatic carbocycles. The molecule has 0 aliphatic heterocycles. The first-order valence-corrected chi connectivity index (χ1v) is 4.16. The first kappa shape index (κ1) is 11.1. The van der Waals surface area contributed by atoms with E-state index in [2.05, 4.69) is 31.1 Å². The monoisotopic (exact) mass is 181 g/mol. The van der Waals surface area contributed by atoms with Gasteiger partial charge in [0.25, 0.3) is 0 Å². The van der Waals surface area contributed by atoms with E-state index >= 15 is 0 Å². The first-order chi connectivity index (χ1) is 5.57. The van der Waals surface area contributed by atoms with Crippen LogP contribution in [-0.2, 0) is 0 Å². The second-order valence-corrected chi connectivity index (χ2v) is 2.94. The van der Waals surface area contributed by atoms with Crippen LogP contribution in [0.25, 0.3) is 0 Å². The highest BCUT2D eigenvalue weighted by Gasteiger charge is 1.94. The van der Waals surface area contributed by atoms with E-state index < -0.39 is 0 Å². The average Bonchev–Trinajstić information content (AvgIpc) is 1.98. The molecule has 0 aliphatic rings. The van der Waals surface area contributed by atoms with Gasteiger partial charge >= 0.3 is 0 Å². The second-order valence-electron chi connectivity index (χ2n) is 2.46. The van der Waals surface area contributed by atoms with Crippen LogP contribution in [0, 0.1) is 0 Å². The summed E-state index contributed by atoms with van der Waals surface area (Å²) >= 11 is 4.24. The summed E-state index contributed by atoms with van der Waals surface area (Å²) in [6.45, 7) is 11.3. The van der Waals surface area contributed by atoms with Gasteiger partial charge in [-0.2, -0.15) is 0 Å². The molecule has 0 aromatic heterocycles. The third-order valence-electron chi connectivity index (χ3n) is 1.12. The SMILES string of the molecule is C=C(C)NC(=C)/C(S)=C\C=C/C. The van der Waals surface area contributed by atoms with Crippen LogP contribution < -0.4 is 5.32 Å². The Morgan fingerprint density at radius 2 is 2.00 bits per heavy atom. The van der Waals surface area contributed by atoms with Gasteiger partial charge in [0.05, 0.1) is 0 Å². The van der Waals surface area contributed by atoms with E-state index in [0.29, 0.717) is 0 Å². The minimum atomic E-state index is 0.768. The normalized spacial score (nSPS) is 11.8. The van der Waals surface area contributed by atoms with Crippen molar-refractivity contribution in [2.45, 2.75) is 13.8 Å². The number of hydrogen-bond acceptors (Lipinski definition) is 2. The van der Waals surface area contributed by atoms with Gasteiger partial charge in [-0.3, -0.25) is 0 Å². The molecule has 0 rings (SSSR count). The Kier molecular flexibility index (Phi) is 5.30. The van der Waals surface area contributed by atoms with E-state index in [0.717, 1.165) is 16.3 Å². The summed E-state index contributed by atoms with van der Waals surface area (Å²) < 4.78 is 0. The molecule has 0 amide bonds. The maximum absolute atomic E-state index is 4.24. The predicted octanol–water partition coefficient (Wildman–Crippen LogP) is 3.01. The highest BCUT2D eigenvalue weighted by atomic mass is 32.1. The minimum Gasteiger partial charge on any atom is -0.359 e. The van der Waals surface area contributed by atoms with E-state index in [-0.39, 0.29) is 0 Å². The van der Waals surface area contributed by atoms with Crippen LogP contribution in [0.5, 0.6) is 0 Å². The zero-order valence-corrected chi connectivity index (χ0v) is 8.49. The summed E-state index contributed by atoms with van der Waals surface area (Å²) in [7, 11) is 0. The Bertz CT molecular complexity index is 236. The van der Waals surface area contributed by atoms with Crippen molar-refractivity contribution >= 4 is 12.6 Å². The smallest absolute Gasteiger partial charge is 0.0444 e. The van der Waals surface area contributed by atoms with Crippen LogP contribution in [0.15, 0.2) is 47.7 Å². The van der Waals surface area contributed by atoms with Crippen LogP contribution in [0.1, 0.15) is 13.8 Å². The lowest BCUT2D eigenvalue weighted by molar-refractivity contribution is 1.01. The molecular formula is C10H15NS. The molecule has 12 heavy (non-hydrogen) atoms. The Hall–Kier alpha value is -0.890. The van der Waals surface area contributed by atoms with Gasteiger partial charge in [0, 0.05) is 16.3 Å². The van der Waals surface area contributed by atoms with Gasteiger partial charge in [0.15, 0.2) is 0 Å². The standard InChI is InChI=1S/C10H15NS/c1-5-6-7-10(12)9(4)11-8(2)3/h5-7,11-12H,2,4H2,1,3H3/b6-5-,10-7+. The summed E-state index contributed by atoms with van der Waals surface area (Å²) in [6.07, 6.45) is 5.72. The molecule has 0 bridgehead atoms. The van der Waals surface area contributed by atoms with Crippen LogP contribution in [-0.4, -0.2) is 0 Å². The first-order valence-electron chi connectivity index (χ1n) is 3.71. The van der Waals surface area contributed by atoms with Crippen molar-refractivity contribution in [3.05, 3.63) is 47.7 Å². The van der Waals surface area contributed by atoms with Gasteiger partial charge in [0.1, 0.15) is 0 Å². The van der Waals surface area contributed by atoms with Crippen molar-refractivity contribution in [2.75, 3.05) is 0 Å². The van der Waals surface area contributed by atoms with Crippen molar-refractivity contribution in [1.82, 2.24) is 5.32 Å². The van der Waals surface area contributed by atoms with Crippen LogP contribution in [0.2, 0.25) is 0 Å². The van der Waals surface area contributed by atoms with Crippen LogP contribution in [0.4, 0.5) is 0 Å². The van der Waals surface area contributed by atoms with Crippen molar-refractivity contribution < 1.29 is 0 Å². The molecule has 0 saturated heterocycles. The Morgan fingerprint density at radius 1 is 1.42 bits per heavy atom. The summed E-state index contributed by atoms with van der Waals surface area (Å²) in [5.41, 5.74) is 1.63. The highest BCUT2D eigenvalue weighted by molar-refractivity contribution is 7.84. The van der Waals surface area contributed by atoms with E-state index in [1.165, 1.54) is 0 Å². The molecule has 1 N–H and O–H groups in total. The molecule has 0 saturated carbocycles. The van der Waals surface area contributed by atoms with E-state index in [1.54, 1.807) is 0 Å². The maximum Gasteiger partial charge on any atom is 0.0444 e. The van der Waals surface area contributed by atoms with E-state index in [1.807, 2.05) is 32.1 Å². The highest BCUT2D eigenvalue weighted by Crippen LogP contribution is 2.10. The minimum absolute atomic E-state index is 0.768. The van der Waals surface area contributed by atoms with Crippen molar-refractivity contribution in [1.29, 1.82) is 0 Å². The molecule has 0 aromatic rings. The molecule has 2 heteroatoms. The number of nitrogens with one attached hydrogen (secondary N) is 1. The molecule has 0 atom stereocenters. The van der Waals surface area contributed by atoms with Crippen molar-refractivity contribution in [3.8, 4) is 0 Å². The summed E-state index contributed by atoms with van der Waals surface area (Å²) in [4.78, 5) is 0.816. The lowest BCUT2D eigenvalue weighted by Gasteiger charge is -2.07. The maximum atomic E-state index is 4.24. The Morgan fingerprint density at radius 3 is 2.42 bits per heavy atom. The lowest BCUT2D eigenvalue weighted by atomic mass is 10.3. The molecule has 0 aliphatic carbocycles. The van der Waals surface area contributed by atoms with Gasteiger partial charge < -0.3 is 5.32 Å². The molecule has 0 fully saturated rings. The van der Waals surface area contributed by atoms with Crippen LogP contribution in [0.3, 0.4) is 0 Å². The molecule has 0 unspecified atom stereocenters. The van der Waals surface area contributed by atoms with Gasteiger partial charge in [-0.15, -0.1) is 12.6 Å². The van der Waals surface area contributed by atoms with E-state index in [9.17, 15) is 0 Å². The summed E-state index contributed by atoms with van der Waals surface area (Å²) in [5.74, 6) is 0. The van der Waals surface area contributed by atoms with Crippen molar-refractivity contribution in [2.24, 2.45) is 0 Å². The summed E-state index contributed by atoms with van der Waals surface area (Å²) in [5, 5.41) is 2.98. The number of allylic oxidation sites excluding steroid dienone is 4. The number of thiol groups is 1. The molecule has 0 spiro atoms. The van der Waals surface area contributed by atoms with Gasteiger partial charge in [-0.25, -0.2) is 0 Å². The third-order valence-corrected chi connectivity index (χ3v) is 1.54. The van der Waals surface area contributed by atoms with Gasteiger partial charge in [0.2, 0.25) is 0 Å². The van der Waals surface area contributed by atoms with Crippen LogP contribution >= 0.6 is 12.6 Å². The fourth-order valence-electron chi connectivity index (χ4n) is 0.610. The topological polar surface area (TPSA) is 12.0 Å². The number of hydrogen-bond donors (Lipinski definition) is 2. The third kappa shape index (κ3) is 4.85. The average molecular weight is 181 g/mol.